The molecule has 3 N–H and O–H groups in total. The fourth-order valence-corrected chi connectivity index (χ4v) is 1.02. The average Bonchev–Trinajstić information content (AvgIpc) is 2.02. The van der Waals surface area contributed by atoms with E-state index < -0.39 is 6.10 Å². The molecule has 0 rings (SSSR count). The van der Waals surface area contributed by atoms with Gasteiger partial charge in [0, 0.05) is 12.1 Å². The Kier molecular flexibility index (Phi) is 5.72. The standard InChI is InChI=1S/C10H22N2O2/c1-6(2)11-10(14)8(4)12-7(3)9(5)13/h6-9,12-13H,1-5H3,(H,11,14). The predicted molar refractivity (Wildman–Crippen MR) is 57.0 cm³/mol. The molecule has 14 heavy (non-hydrogen) atoms. The molecule has 0 aromatic rings. The quantitative estimate of drug-likeness (QED) is 0.599. The van der Waals surface area contributed by atoms with Crippen molar-refractivity contribution in [1.29, 1.82) is 0 Å². The number of aliphatic hydroxyl groups is 1. The van der Waals surface area contributed by atoms with Crippen molar-refractivity contribution in [3.8, 4) is 0 Å². The van der Waals surface area contributed by atoms with Crippen molar-refractivity contribution in [2.45, 2.75) is 58.8 Å². The van der Waals surface area contributed by atoms with E-state index in [9.17, 15) is 9.90 Å². The molecule has 3 atom stereocenters. The van der Waals surface area contributed by atoms with Crippen molar-refractivity contribution in [3.63, 3.8) is 0 Å². The number of hydrogen-bond acceptors (Lipinski definition) is 3. The minimum absolute atomic E-state index is 0.0347. The first-order valence-electron chi connectivity index (χ1n) is 5.09. The molecule has 0 spiro atoms. The topological polar surface area (TPSA) is 61.4 Å². The molecule has 3 unspecified atom stereocenters. The van der Waals surface area contributed by atoms with Gasteiger partial charge in [0.25, 0.3) is 0 Å². The fourth-order valence-electron chi connectivity index (χ4n) is 1.02. The molecule has 0 heterocycles. The van der Waals surface area contributed by atoms with Gasteiger partial charge in [-0.3, -0.25) is 4.79 Å². The van der Waals surface area contributed by atoms with Crippen LogP contribution in [0.5, 0.6) is 0 Å². The number of rotatable bonds is 5. The molecule has 4 heteroatoms. The van der Waals surface area contributed by atoms with Crippen LogP contribution in [0.2, 0.25) is 0 Å². The zero-order chi connectivity index (χ0) is 11.3. The monoisotopic (exact) mass is 202 g/mol. The first-order chi connectivity index (χ1) is 6.34. The van der Waals surface area contributed by atoms with E-state index in [0.29, 0.717) is 0 Å². The van der Waals surface area contributed by atoms with E-state index in [1.165, 1.54) is 0 Å². The van der Waals surface area contributed by atoms with Gasteiger partial charge in [-0.25, -0.2) is 0 Å². The highest BCUT2D eigenvalue weighted by atomic mass is 16.3. The van der Waals surface area contributed by atoms with Crippen LogP contribution in [0.1, 0.15) is 34.6 Å². The number of amides is 1. The van der Waals surface area contributed by atoms with E-state index in [-0.39, 0.29) is 24.0 Å². The molecule has 0 aliphatic carbocycles. The Bertz CT molecular complexity index is 181. The lowest BCUT2D eigenvalue weighted by Crippen LogP contribution is -2.50. The van der Waals surface area contributed by atoms with Gasteiger partial charge in [0.1, 0.15) is 0 Å². The maximum Gasteiger partial charge on any atom is 0.237 e. The number of nitrogens with one attached hydrogen (secondary N) is 2. The second-order valence-corrected chi connectivity index (χ2v) is 4.08. The largest absolute Gasteiger partial charge is 0.392 e. The molecule has 0 saturated heterocycles. The summed E-state index contributed by atoms with van der Waals surface area (Å²) in [5.41, 5.74) is 0. The van der Waals surface area contributed by atoms with E-state index in [2.05, 4.69) is 10.6 Å². The molecule has 0 saturated carbocycles. The fraction of sp³-hybridized carbons (Fsp3) is 0.900. The van der Waals surface area contributed by atoms with Crippen LogP contribution in [-0.4, -0.2) is 35.2 Å². The Morgan fingerprint density at radius 2 is 1.64 bits per heavy atom. The van der Waals surface area contributed by atoms with Gasteiger partial charge < -0.3 is 15.7 Å². The van der Waals surface area contributed by atoms with Crippen molar-refractivity contribution in [3.05, 3.63) is 0 Å². The maximum atomic E-state index is 11.5. The summed E-state index contributed by atoms with van der Waals surface area (Å²) in [5.74, 6) is -0.0347. The lowest BCUT2D eigenvalue weighted by Gasteiger charge is -2.22. The molecule has 0 aromatic carbocycles. The van der Waals surface area contributed by atoms with Gasteiger partial charge in [0.2, 0.25) is 5.91 Å². The Hall–Kier alpha value is -0.610. The van der Waals surface area contributed by atoms with Gasteiger partial charge in [0.05, 0.1) is 12.1 Å². The summed E-state index contributed by atoms with van der Waals surface area (Å²) in [4.78, 5) is 11.5. The van der Waals surface area contributed by atoms with Gasteiger partial charge in [0.15, 0.2) is 0 Å². The summed E-state index contributed by atoms with van der Waals surface area (Å²) in [7, 11) is 0. The second kappa shape index (κ2) is 5.98. The highest BCUT2D eigenvalue weighted by molar-refractivity contribution is 5.81. The van der Waals surface area contributed by atoms with Crippen molar-refractivity contribution in [1.82, 2.24) is 10.6 Å². The summed E-state index contributed by atoms with van der Waals surface area (Å²) in [6, 6.07) is -0.210. The van der Waals surface area contributed by atoms with Gasteiger partial charge in [-0.05, 0) is 34.6 Å². The molecule has 0 radical (unpaired) electrons. The molecule has 0 aliphatic rings. The predicted octanol–water partition coefficient (Wildman–Crippen LogP) is 0.258. The van der Waals surface area contributed by atoms with Gasteiger partial charge >= 0.3 is 0 Å². The normalized spacial score (nSPS) is 17.6. The summed E-state index contributed by atoms with van der Waals surface area (Å²) in [6.07, 6.45) is -0.454. The van der Waals surface area contributed by atoms with Crippen LogP contribution in [0.25, 0.3) is 0 Å². The molecule has 84 valence electrons. The van der Waals surface area contributed by atoms with Crippen LogP contribution in [0.3, 0.4) is 0 Å². The molecule has 0 fully saturated rings. The van der Waals surface area contributed by atoms with Gasteiger partial charge in [-0.2, -0.15) is 0 Å². The van der Waals surface area contributed by atoms with Crippen molar-refractivity contribution >= 4 is 5.91 Å². The first kappa shape index (κ1) is 13.4. The van der Waals surface area contributed by atoms with Gasteiger partial charge in [-0.1, -0.05) is 0 Å². The summed E-state index contributed by atoms with van der Waals surface area (Å²) in [6.45, 7) is 9.18. The number of carbonyl (C=O) groups excluding carboxylic acids is 1. The Morgan fingerprint density at radius 3 is 2.00 bits per heavy atom. The molecular formula is C10H22N2O2. The molecule has 0 aliphatic heterocycles. The average molecular weight is 202 g/mol. The second-order valence-electron chi connectivity index (χ2n) is 4.08. The lowest BCUT2D eigenvalue weighted by atomic mass is 10.2. The van der Waals surface area contributed by atoms with Crippen LogP contribution >= 0.6 is 0 Å². The number of carbonyl (C=O) groups is 1. The minimum Gasteiger partial charge on any atom is -0.392 e. The van der Waals surface area contributed by atoms with Crippen molar-refractivity contribution < 1.29 is 9.90 Å². The SMILES string of the molecule is CC(C)NC(=O)C(C)NC(C)C(C)O. The molecule has 0 aromatic heterocycles. The molecular weight excluding hydrogens is 180 g/mol. The zero-order valence-corrected chi connectivity index (χ0v) is 9.66. The smallest absolute Gasteiger partial charge is 0.237 e. The highest BCUT2D eigenvalue weighted by Gasteiger charge is 2.17. The van der Waals surface area contributed by atoms with Crippen LogP contribution < -0.4 is 10.6 Å². The molecule has 1 amide bonds. The van der Waals surface area contributed by atoms with Crippen LogP contribution in [-0.2, 0) is 4.79 Å². The first-order valence-corrected chi connectivity index (χ1v) is 5.09. The number of hydrogen-bond donors (Lipinski definition) is 3. The van der Waals surface area contributed by atoms with Crippen LogP contribution in [0.15, 0.2) is 0 Å². The third-order valence-electron chi connectivity index (χ3n) is 2.06. The third kappa shape index (κ3) is 5.19. The van der Waals surface area contributed by atoms with Crippen LogP contribution in [0.4, 0.5) is 0 Å². The maximum absolute atomic E-state index is 11.5. The van der Waals surface area contributed by atoms with Crippen molar-refractivity contribution in [2.24, 2.45) is 0 Å². The zero-order valence-electron chi connectivity index (χ0n) is 9.66. The summed E-state index contributed by atoms with van der Waals surface area (Å²) >= 11 is 0. The van der Waals surface area contributed by atoms with E-state index >= 15 is 0 Å². The van der Waals surface area contributed by atoms with Crippen LogP contribution in [0, 0.1) is 0 Å². The Morgan fingerprint density at radius 1 is 1.14 bits per heavy atom. The van der Waals surface area contributed by atoms with Crippen molar-refractivity contribution in [2.75, 3.05) is 0 Å². The van der Waals surface area contributed by atoms with E-state index in [1.807, 2.05) is 20.8 Å². The van der Waals surface area contributed by atoms with Gasteiger partial charge in [-0.15, -0.1) is 0 Å². The number of aliphatic hydroxyl groups excluding tert-OH is 1. The highest BCUT2D eigenvalue weighted by Crippen LogP contribution is 1.94. The lowest BCUT2D eigenvalue weighted by molar-refractivity contribution is -0.123. The van der Waals surface area contributed by atoms with E-state index in [0.717, 1.165) is 0 Å². The van der Waals surface area contributed by atoms with E-state index in [1.54, 1.807) is 13.8 Å². The molecule has 4 nitrogen and oxygen atoms in total. The van der Waals surface area contributed by atoms with E-state index in [4.69, 9.17) is 0 Å². The Labute approximate surface area is 86.1 Å². The molecule has 0 bridgehead atoms. The minimum atomic E-state index is -0.454. The third-order valence-corrected chi connectivity index (χ3v) is 2.06. The summed E-state index contributed by atoms with van der Waals surface area (Å²) < 4.78 is 0. The summed E-state index contributed by atoms with van der Waals surface area (Å²) in [5, 5.41) is 15.1. The Balaban J connectivity index is 3.95.